The Morgan fingerprint density at radius 2 is 1.96 bits per heavy atom. The molecule has 4 rings (SSSR count). The summed E-state index contributed by atoms with van der Waals surface area (Å²) in [5, 5.41) is 10.4. The predicted molar refractivity (Wildman–Crippen MR) is 93.4 cm³/mol. The van der Waals surface area contributed by atoms with Crippen LogP contribution in [-0.2, 0) is 4.79 Å². The van der Waals surface area contributed by atoms with Gasteiger partial charge in [-0.15, -0.1) is 22.7 Å². The van der Waals surface area contributed by atoms with Gasteiger partial charge in [-0.2, -0.15) is 0 Å². The molecule has 6 heteroatoms. The molecule has 4 nitrogen and oxygen atoms in total. The van der Waals surface area contributed by atoms with Gasteiger partial charge in [0.15, 0.2) is 0 Å². The van der Waals surface area contributed by atoms with Crippen molar-refractivity contribution in [1.82, 2.24) is 4.90 Å². The fourth-order valence-electron chi connectivity index (χ4n) is 3.21. The van der Waals surface area contributed by atoms with Crippen LogP contribution >= 0.6 is 22.7 Å². The van der Waals surface area contributed by atoms with Crippen LogP contribution in [0.5, 0.6) is 0 Å². The second kappa shape index (κ2) is 5.32. The first-order chi connectivity index (χ1) is 11.0. The number of thiophene rings is 2. The quantitative estimate of drug-likeness (QED) is 0.766. The Morgan fingerprint density at radius 1 is 1.17 bits per heavy atom. The number of likely N-dealkylation sites (tertiary alicyclic amines) is 1. The van der Waals surface area contributed by atoms with Crippen molar-refractivity contribution in [2.24, 2.45) is 11.8 Å². The van der Waals surface area contributed by atoms with Crippen LogP contribution in [0.2, 0.25) is 0 Å². The van der Waals surface area contributed by atoms with Gasteiger partial charge in [-0.3, -0.25) is 9.59 Å². The van der Waals surface area contributed by atoms with Gasteiger partial charge in [0.25, 0.3) is 5.91 Å². The molecule has 0 aliphatic carbocycles. The molecule has 3 aromatic rings. The molecule has 0 spiro atoms. The van der Waals surface area contributed by atoms with Crippen molar-refractivity contribution >= 4 is 54.0 Å². The van der Waals surface area contributed by atoms with Gasteiger partial charge in [-0.05, 0) is 18.1 Å². The van der Waals surface area contributed by atoms with Crippen molar-refractivity contribution in [2.45, 2.75) is 6.92 Å². The first-order valence-corrected chi connectivity index (χ1v) is 9.11. The van der Waals surface area contributed by atoms with Crippen LogP contribution in [-0.4, -0.2) is 35.0 Å². The van der Waals surface area contributed by atoms with Crippen LogP contribution in [0.1, 0.15) is 16.6 Å². The zero-order valence-corrected chi connectivity index (χ0v) is 14.1. The zero-order chi connectivity index (χ0) is 16.1. The maximum Gasteiger partial charge on any atom is 0.308 e. The molecule has 118 valence electrons. The van der Waals surface area contributed by atoms with Crippen molar-refractivity contribution in [2.75, 3.05) is 13.1 Å². The standard InChI is InChI=1S/C17H15NO3S2/c1-9-7-18(8-11(9)17(20)21)16(19)14-6-13-15(23-14)10-4-2-3-5-12(10)22-13/h2-6,9,11H,7-8H2,1H3,(H,20,21)/t9-,11-/m1/s1. The number of carbonyl (C=O) groups excluding carboxylic acids is 1. The van der Waals surface area contributed by atoms with Gasteiger partial charge >= 0.3 is 5.97 Å². The van der Waals surface area contributed by atoms with Gasteiger partial charge in [0, 0.05) is 27.9 Å². The third kappa shape index (κ3) is 2.33. The van der Waals surface area contributed by atoms with E-state index in [0.717, 1.165) is 9.40 Å². The molecular weight excluding hydrogens is 330 g/mol. The van der Waals surface area contributed by atoms with E-state index in [1.807, 2.05) is 25.1 Å². The molecule has 23 heavy (non-hydrogen) atoms. The molecule has 1 N–H and O–H groups in total. The summed E-state index contributed by atoms with van der Waals surface area (Å²) in [4.78, 5) is 26.3. The van der Waals surface area contributed by atoms with E-state index in [-0.39, 0.29) is 11.8 Å². The summed E-state index contributed by atoms with van der Waals surface area (Å²) in [6, 6.07) is 10.2. The fourth-order valence-corrected chi connectivity index (χ4v) is 5.71. The molecule has 0 bridgehead atoms. The number of amides is 1. The number of fused-ring (bicyclic) bond motifs is 3. The summed E-state index contributed by atoms with van der Waals surface area (Å²) in [5.74, 6) is -1.32. The number of hydrogen-bond donors (Lipinski definition) is 1. The minimum atomic E-state index is -0.814. The normalized spacial score (nSPS) is 21.3. The number of carboxylic acid groups (broad SMARTS) is 1. The number of aliphatic carboxylic acids is 1. The molecular formula is C17H15NO3S2. The van der Waals surface area contributed by atoms with Crippen molar-refractivity contribution in [3.8, 4) is 0 Å². The number of rotatable bonds is 2. The Labute approximate surface area is 141 Å². The summed E-state index contributed by atoms with van der Waals surface area (Å²) >= 11 is 3.21. The van der Waals surface area contributed by atoms with Crippen LogP contribution in [0.25, 0.3) is 19.5 Å². The van der Waals surface area contributed by atoms with Crippen LogP contribution in [0.15, 0.2) is 30.3 Å². The molecule has 1 aromatic carbocycles. The molecule has 1 saturated heterocycles. The zero-order valence-electron chi connectivity index (χ0n) is 12.5. The molecule has 0 radical (unpaired) electrons. The fraction of sp³-hybridized carbons (Fsp3) is 0.294. The third-order valence-electron chi connectivity index (χ3n) is 4.48. The van der Waals surface area contributed by atoms with E-state index >= 15 is 0 Å². The number of hydrogen-bond acceptors (Lipinski definition) is 4. The molecule has 2 atom stereocenters. The molecule has 1 fully saturated rings. The average molecular weight is 345 g/mol. The monoisotopic (exact) mass is 345 g/mol. The number of nitrogens with zero attached hydrogens (tertiary/aromatic N) is 1. The molecule has 1 aliphatic rings. The second-order valence-corrected chi connectivity index (χ2v) is 8.17. The molecule has 2 aromatic heterocycles. The van der Waals surface area contributed by atoms with E-state index in [2.05, 4.69) is 12.1 Å². The highest BCUT2D eigenvalue weighted by Crippen LogP contribution is 2.40. The van der Waals surface area contributed by atoms with Gasteiger partial charge in [0.2, 0.25) is 0 Å². The Morgan fingerprint density at radius 3 is 2.70 bits per heavy atom. The highest BCUT2D eigenvalue weighted by Gasteiger charge is 2.37. The van der Waals surface area contributed by atoms with E-state index in [0.29, 0.717) is 18.0 Å². The van der Waals surface area contributed by atoms with Crippen molar-refractivity contribution in [3.05, 3.63) is 35.2 Å². The smallest absolute Gasteiger partial charge is 0.308 e. The van der Waals surface area contributed by atoms with E-state index in [4.69, 9.17) is 0 Å². The largest absolute Gasteiger partial charge is 0.481 e. The lowest BCUT2D eigenvalue weighted by Gasteiger charge is -2.14. The second-order valence-electron chi connectivity index (χ2n) is 6.03. The SMILES string of the molecule is C[C@@H]1CN(C(=O)c2cc3sc4ccccc4c3s2)C[C@H]1C(=O)O. The predicted octanol–water partition coefficient (Wildman–Crippen LogP) is 3.91. The van der Waals surface area contributed by atoms with Crippen molar-refractivity contribution in [3.63, 3.8) is 0 Å². The summed E-state index contributed by atoms with van der Waals surface area (Å²) in [7, 11) is 0. The Bertz CT molecular complexity index is 926. The Hall–Kier alpha value is -1.92. The van der Waals surface area contributed by atoms with E-state index in [9.17, 15) is 14.7 Å². The molecule has 1 aliphatic heterocycles. The topological polar surface area (TPSA) is 57.6 Å². The van der Waals surface area contributed by atoms with Crippen molar-refractivity contribution < 1.29 is 14.7 Å². The highest BCUT2D eigenvalue weighted by atomic mass is 32.1. The Balaban J connectivity index is 1.66. The summed E-state index contributed by atoms with van der Waals surface area (Å²) in [5.41, 5.74) is 0. The van der Waals surface area contributed by atoms with Gasteiger partial charge < -0.3 is 10.0 Å². The lowest BCUT2D eigenvalue weighted by Crippen LogP contribution is -2.29. The number of benzene rings is 1. The summed E-state index contributed by atoms with van der Waals surface area (Å²) in [6.45, 7) is 2.72. The van der Waals surface area contributed by atoms with E-state index in [1.54, 1.807) is 16.2 Å². The lowest BCUT2D eigenvalue weighted by molar-refractivity contribution is -0.142. The highest BCUT2D eigenvalue weighted by molar-refractivity contribution is 7.33. The Kier molecular flexibility index (Phi) is 3.39. The maximum absolute atomic E-state index is 12.7. The maximum atomic E-state index is 12.7. The average Bonchev–Trinajstić information content (AvgIpc) is 3.18. The summed E-state index contributed by atoms with van der Waals surface area (Å²) in [6.07, 6.45) is 0. The number of carbonyl (C=O) groups is 2. The molecule has 1 amide bonds. The van der Waals surface area contributed by atoms with Gasteiger partial charge in [0.05, 0.1) is 15.5 Å². The lowest BCUT2D eigenvalue weighted by atomic mass is 9.99. The minimum absolute atomic E-state index is 0.00152. The minimum Gasteiger partial charge on any atom is -0.481 e. The van der Waals surface area contributed by atoms with Crippen LogP contribution < -0.4 is 0 Å². The summed E-state index contributed by atoms with van der Waals surface area (Å²) < 4.78 is 3.51. The first kappa shape index (κ1) is 14.7. The molecule has 0 unspecified atom stereocenters. The van der Waals surface area contributed by atoms with Gasteiger partial charge in [-0.1, -0.05) is 25.1 Å². The van der Waals surface area contributed by atoms with Crippen LogP contribution in [0.3, 0.4) is 0 Å². The van der Waals surface area contributed by atoms with Gasteiger partial charge in [-0.25, -0.2) is 0 Å². The van der Waals surface area contributed by atoms with Crippen LogP contribution in [0.4, 0.5) is 0 Å². The van der Waals surface area contributed by atoms with E-state index in [1.165, 1.54) is 21.4 Å². The van der Waals surface area contributed by atoms with E-state index < -0.39 is 11.9 Å². The molecule has 3 heterocycles. The molecule has 0 saturated carbocycles. The number of carboxylic acids is 1. The van der Waals surface area contributed by atoms with Crippen molar-refractivity contribution in [1.29, 1.82) is 0 Å². The first-order valence-electron chi connectivity index (χ1n) is 7.47. The van der Waals surface area contributed by atoms with Gasteiger partial charge in [0.1, 0.15) is 0 Å². The third-order valence-corrected chi connectivity index (χ3v) is 6.88. The van der Waals surface area contributed by atoms with Crippen LogP contribution in [0, 0.1) is 11.8 Å².